The van der Waals surface area contributed by atoms with Gasteiger partial charge in [0, 0.05) is 22.1 Å². The lowest BCUT2D eigenvalue weighted by Crippen LogP contribution is -2.22. The minimum absolute atomic E-state index is 0.0277. The zero-order valence-corrected chi connectivity index (χ0v) is 14.7. The molecule has 26 heavy (non-hydrogen) atoms. The molecular weight excluding hydrogens is 387 g/mol. The molecule has 0 unspecified atom stereocenters. The van der Waals surface area contributed by atoms with E-state index in [0.717, 1.165) is 23.1 Å². The van der Waals surface area contributed by atoms with Crippen molar-refractivity contribution >= 4 is 46.6 Å². The maximum Gasteiger partial charge on any atom is 0.316 e. The summed E-state index contributed by atoms with van der Waals surface area (Å²) in [6, 6.07) is 9.54. The topological polar surface area (TPSA) is 98.5 Å². The van der Waals surface area contributed by atoms with E-state index in [0.29, 0.717) is 5.02 Å². The summed E-state index contributed by atoms with van der Waals surface area (Å²) in [4.78, 5) is 34.1. The van der Waals surface area contributed by atoms with Gasteiger partial charge in [-0.15, -0.1) is 11.8 Å². The first-order valence-electron chi connectivity index (χ1n) is 7.13. The van der Waals surface area contributed by atoms with E-state index in [9.17, 15) is 24.1 Å². The summed E-state index contributed by atoms with van der Waals surface area (Å²) < 4.78 is 18.4. The molecule has 0 aromatic heterocycles. The molecule has 0 saturated heterocycles. The number of carbonyl (C=O) groups excluding carboxylic acids is 2. The zero-order chi connectivity index (χ0) is 19.1. The van der Waals surface area contributed by atoms with E-state index in [1.807, 2.05) is 0 Å². The maximum atomic E-state index is 13.6. The molecule has 7 nitrogen and oxygen atoms in total. The summed E-state index contributed by atoms with van der Waals surface area (Å²) >= 11 is 6.95. The predicted molar refractivity (Wildman–Crippen MR) is 94.8 cm³/mol. The van der Waals surface area contributed by atoms with E-state index in [4.69, 9.17) is 16.3 Å². The van der Waals surface area contributed by atoms with Crippen molar-refractivity contribution in [3.05, 3.63) is 63.4 Å². The Labute approximate surface area is 156 Å². The maximum absolute atomic E-state index is 13.6. The van der Waals surface area contributed by atoms with Crippen LogP contribution >= 0.6 is 23.4 Å². The number of amides is 1. The van der Waals surface area contributed by atoms with E-state index >= 15 is 0 Å². The first-order valence-corrected chi connectivity index (χ1v) is 8.49. The number of ether oxygens (including phenoxy) is 1. The highest BCUT2D eigenvalue weighted by atomic mass is 35.5. The lowest BCUT2D eigenvalue weighted by Gasteiger charge is -2.07. The smallest absolute Gasteiger partial charge is 0.316 e. The van der Waals surface area contributed by atoms with Crippen molar-refractivity contribution in [3.63, 3.8) is 0 Å². The summed E-state index contributed by atoms with van der Waals surface area (Å²) in [5.74, 6) is -2.32. The fraction of sp³-hybridized carbons (Fsp3) is 0.125. The second kappa shape index (κ2) is 9.16. The van der Waals surface area contributed by atoms with Crippen molar-refractivity contribution in [1.82, 2.24) is 0 Å². The second-order valence-corrected chi connectivity index (χ2v) is 6.36. The van der Waals surface area contributed by atoms with E-state index in [1.165, 1.54) is 11.8 Å². The molecule has 0 saturated carbocycles. The standard InChI is InChI=1S/C16H12ClFN2O5S/c17-10-1-4-12(5-2-10)26-9-16(22)25-8-15(21)19-14-7-11(20(23)24)3-6-13(14)18/h1-7H,8-9H2,(H,19,21). The number of esters is 1. The van der Waals surface area contributed by atoms with Crippen molar-refractivity contribution in [2.75, 3.05) is 17.7 Å². The number of benzene rings is 2. The fourth-order valence-corrected chi connectivity index (χ4v) is 2.59. The van der Waals surface area contributed by atoms with E-state index < -0.39 is 29.2 Å². The van der Waals surface area contributed by atoms with E-state index in [2.05, 4.69) is 5.32 Å². The monoisotopic (exact) mass is 398 g/mol. The largest absolute Gasteiger partial charge is 0.455 e. The molecule has 0 radical (unpaired) electrons. The third-order valence-corrected chi connectivity index (χ3v) is 4.21. The minimum atomic E-state index is -0.839. The van der Waals surface area contributed by atoms with Crippen molar-refractivity contribution in [2.24, 2.45) is 0 Å². The Balaban J connectivity index is 1.81. The molecule has 0 heterocycles. The summed E-state index contributed by atoms with van der Waals surface area (Å²) in [5.41, 5.74) is -0.742. The number of halogens is 2. The highest BCUT2D eigenvalue weighted by Crippen LogP contribution is 2.22. The number of non-ortho nitro benzene ring substituents is 1. The molecule has 2 aromatic rings. The van der Waals surface area contributed by atoms with Crippen LogP contribution < -0.4 is 5.32 Å². The molecule has 1 amide bonds. The third kappa shape index (κ3) is 6.01. The van der Waals surface area contributed by atoms with Gasteiger partial charge in [-0.05, 0) is 30.3 Å². The van der Waals surface area contributed by atoms with Gasteiger partial charge in [0.05, 0.1) is 16.4 Å². The van der Waals surface area contributed by atoms with Crippen LogP contribution in [0, 0.1) is 15.9 Å². The minimum Gasteiger partial charge on any atom is -0.455 e. The second-order valence-electron chi connectivity index (χ2n) is 4.87. The SMILES string of the molecule is O=C(COC(=O)CSc1ccc(Cl)cc1)Nc1cc([N+](=O)[O-])ccc1F. The van der Waals surface area contributed by atoms with Gasteiger partial charge in [-0.3, -0.25) is 19.7 Å². The summed E-state index contributed by atoms with van der Waals surface area (Å²) in [5, 5.41) is 13.4. The number of hydrogen-bond donors (Lipinski definition) is 1. The van der Waals surface area contributed by atoms with Gasteiger partial charge in [-0.2, -0.15) is 0 Å². The first kappa shape index (κ1) is 19.7. The number of nitro groups is 1. The van der Waals surface area contributed by atoms with Gasteiger partial charge in [-0.1, -0.05) is 11.6 Å². The highest BCUT2D eigenvalue weighted by molar-refractivity contribution is 8.00. The molecule has 0 aliphatic carbocycles. The van der Waals surface area contributed by atoms with Crippen LogP contribution in [0.3, 0.4) is 0 Å². The number of anilines is 1. The Hall–Kier alpha value is -2.65. The molecular formula is C16H12ClFN2O5S. The van der Waals surface area contributed by atoms with Gasteiger partial charge >= 0.3 is 5.97 Å². The molecule has 0 aliphatic rings. The van der Waals surface area contributed by atoms with E-state index in [-0.39, 0.29) is 17.1 Å². The molecule has 136 valence electrons. The fourth-order valence-electron chi connectivity index (χ4n) is 1.77. The molecule has 10 heteroatoms. The van der Waals surface area contributed by atoms with Gasteiger partial charge in [0.2, 0.25) is 0 Å². The van der Waals surface area contributed by atoms with Gasteiger partial charge in [0.15, 0.2) is 6.61 Å². The van der Waals surface area contributed by atoms with Gasteiger partial charge in [0.1, 0.15) is 5.82 Å². The van der Waals surface area contributed by atoms with Crippen LogP contribution in [0.4, 0.5) is 15.8 Å². The molecule has 0 fully saturated rings. The highest BCUT2D eigenvalue weighted by Gasteiger charge is 2.14. The van der Waals surface area contributed by atoms with Crippen LogP contribution in [0.25, 0.3) is 0 Å². The number of thioether (sulfide) groups is 1. The average Bonchev–Trinajstić information content (AvgIpc) is 2.61. The molecule has 2 rings (SSSR count). The van der Waals surface area contributed by atoms with Crippen molar-refractivity contribution < 1.29 is 23.6 Å². The first-order chi connectivity index (χ1) is 12.3. The predicted octanol–water partition coefficient (Wildman–Crippen LogP) is 3.66. The quantitative estimate of drug-likeness (QED) is 0.331. The van der Waals surface area contributed by atoms with Crippen molar-refractivity contribution in [3.8, 4) is 0 Å². The third-order valence-electron chi connectivity index (χ3n) is 2.97. The Kier molecular flexibility index (Phi) is 6.93. The van der Waals surface area contributed by atoms with Gasteiger partial charge in [0.25, 0.3) is 11.6 Å². The normalized spacial score (nSPS) is 10.2. The van der Waals surface area contributed by atoms with Crippen LogP contribution in [0.15, 0.2) is 47.4 Å². The molecule has 0 bridgehead atoms. The number of hydrogen-bond acceptors (Lipinski definition) is 6. The van der Waals surface area contributed by atoms with Crippen molar-refractivity contribution in [2.45, 2.75) is 4.90 Å². The van der Waals surface area contributed by atoms with Crippen LogP contribution in [-0.2, 0) is 14.3 Å². The van der Waals surface area contributed by atoms with Crippen LogP contribution in [0.5, 0.6) is 0 Å². The van der Waals surface area contributed by atoms with Gasteiger partial charge in [-0.25, -0.2) is 4.39 Å². The van der Waals surface area contributed by atoms with Crippen LogP contribution in [0.2, 0.25) is 5.02 Å². The van der Waals surface area contributed by atoms with Gasteiger partial charge < -0.3 is 10.1 Å². The Morgan fingerprint density at radius 3 is 2.58 bits per heavy atom. The average molecular weight is 399 g/mol. The summed E-state index contributed by atoms with van der Waals surface area (Å²) in [6.07, 6.45) is 0. The molecule has 0 spiro atoms. The van der Waals surface area contributed by atoms with Crippen molar-refractivity contribution in [1.29, 1.82) is 0 Å². The zero-order valence-electron chi connectivity index (χ0n) is 13.1. The Bertz CT molecular complexity index is 832. The number of carbonyl (C=O) groups is 2. The lowest BCUT2D eigenvalue weighted by molar-refractivity contribution is -0.384. The summed E-state index contributed by atoms with van der Waals surface area (Å²) in [7, 11) is 0. The Morgan fingerprint density at radius 2 is 1.92 bits per heavy atom. The number of nitrogens with one attached hydrogen (secondary N) is 1. The molecule has 0 aliphatic heterocycles. The molecule has 0 atom stereocenters. The molecule has 2 aromatic carbocycles. The van der Waals surface area contributed by atoms with E-state index in [1.54, 1.807) is 24.3 Å². The lowest BCUT2D eigenvalue weighted by atomic mass is 10.2. The number of rotatable bonds is 7. The summed E-state index contributed by atoms with van der Waals surface area (Å²) in [6.45, 7) is -0.637. The number of nitro benzene ring substituents is 1. The Morgan fingerprint density at radius 1 is 1.23 bits per heavy atom. The van der Waals surface area contributed by atoms with Crippen LogP contribution in [0.1, 0.15) is 0 Å². The molecule has 1 N–H and O–H groups in total. The number of nitrogens with zero attached hydrogens (tertiary/aromatic N) is 1. The van der Waals surface area contributed by atoms with Crippen LogP contribution in [-0.4, -0.2) is 29.2 Å².